The van der Waals surface area contributed by atoms with Gasteiger partial charge in [0, 0.05) is 4.47 Å². The molecule has 2 aromatic rings. The lowest BCUT2D eigenvalue weighted by Gasteiger charge is -2.14. The van der Waals surface area contributed by atoms with Crippen LogP contribution in [0.25, 0.3) is 0 Å². The summed E-state index contributed by atoms with van der Waals surface area (Å²) in [5, 5.41) is 2.46. The number of hydrogen-bond acceptors (Lipinski definition) is 5. The minimum absolute atomic E-state index is 0.0554. The molecular formula is C21H23Br2N3O4S. The minimum atomic E-state index is -0.469. The summed E-state index contributed by atoms with van der Waals surface area (Å²) < 4.78 is 12.8. The van der Waals surface area contributed by atoms with Crippen LogP contribution in [0.5, 0.6) is 11.5 Å². The van der Waals surface area contributed by atoms with E-state index < -0.39 is 11.8 Å². The van der Waals surface area contributed by atoms with Crippen LogP contribution in [0.15, 0.2) is 51.4 Å². The van der Waals surface area contributed by atoms with E-state index >= 15 is 0 Å². The molecule has 0 unspecified atom stereocenters. The fourth-order valence-electron chi connectivity index (χ4n) is 2.28. The van der Waals surface area contributed by atoms with Gasteiger partial charge in [0.05, 0.1) is 16.6 Å². The zero-order valence-electron chi connectivity index (χ0n) is 17.0. The predicted octanol–water partition coefficient (Wildman–Crippen LogP) is 4.35. The van der Waals surface area contributed by atoms with Gasteiger partial charge in [0.1, 0.15) is 11.5 Å². The van der Waals surface area contributed by atoms with Crippen LogP contribution in [-0.2, 0) is 4.79 Å². The van der Waals surface area contributed by atoms with Crippen molar-refractivity contribution >= 4 is 61.0 Å². The first-order chi connectivity index (χ1) is 14.8. The lowest BCUT2D eigenvalue weighted by atomic mass is 10.1. The van der Waals surface area contributed by atoms with E-state index in [0.29, 0.717) is 34.1 Å². The number of nitrogens with one attached hydrogen (secondary N) is 3. The van der Waals surface area contributed by atoms with Crippen LogP contribution in [0.3, 0.4) is 0 Å². The molecule has 31 heavy (non-hydrogen) atoms. The minimum Gasteiger partial charge on any atom is -0.493 e. The van der Waals surface area contributed by atoms with Crippen molar-refractivity contribution in [3.05, 3.63) is 57.0 Å². The Morgan fingerprint density at radius 1 is 1.03 bits per heavy atom. The zero-order valence-corrected chi connectivity index (χ0v) is 21.0. The highest BCUT2D eigenvalue weighted by Gasteiger charge is 2.14. The van der Waals surface area contributed by atoms with Crippen LogP contribution in [-0.4, -0.2) is 30.1 Å². The van der Waals surface area contributed by atoms with Crippen molar-refractivity contribution in [2.24, 2.45) is 5.92 Å². The SMILES string of the molecule is CC(C)CCOc1ccccc1C(=O)NC(=S)NNC(=O)COc1ccc(Br)cc1Br. The Bertz CT molecular complexity index is 941. The number of carbonyl (C=O) groups excluding carboxylic acids is 2. The molecule has 0 radical (unpaired) electrons. The van der Waals surface area contributed by atoms with Crippen molar-refractivity contribution in [3.8, 4) is 11.5 Å². The van der Waals surface area contributed by atoms with Gasteiger partial charge in [0.15, 0.2) is 11.7 Å². The number of rotatable bonds is 8. The summed E-state index contributed by atoms with van der Waals surface area (Å²) in [6.45, 7) is 4.47. The average molecular weight is 573 g/mol. The Labute approximate surface area is 203 Å². The molecule has 2 amide bonds. The highest BCUT2D eigenvalue weighted by molar-refractivity contribution is 9.11. The van der Waals surface area contributed by atoms with Crippen molar-refractivity contribution in [2.45, 2.75) is 20.3 Å². The molecule has 10 heteroatoms. The van der Waals surface area contributed by atoms with Crippen LogP contribution in [0.1, 0.15) is 30.6 Å². The maximum absolute atomic E-state index is 12.5. The Morgan fingerprint density at radius 3 is 2.48 bits per heavy atom. The second kappa shape index (κ2) is 12.6. The number of hydrazine groups is 1. The van der Waals surface area contributed by atoms with Crippen molar-refractivity contribution < 1.29 is 19.1 Å². The Balaban J connectivity index is 1.80. The smallest absolute Gasteiger partial charge is 0.276 e. The zero-order chi connectivity index (χ0) is 22.8. The third-order valence-corrected chi connectivity index (χ3v) is 5.20. The third-order valence-electron chi connectivity index (χ3n) is 3.88. The van der Waals surface area contributed by atoms with Crippen LogP contribution in [0, 0.1) is 5.92 Å². The van der Waals surface area contributed by atoms with Gasteiger partial charge in [-0.25, -0.2) is 0 Å². The van der Waals surface area contributed by atoms with Gasteiger partial charge in [-0.05, 0) is 70.8 Å². The Morgan fingerprint density at radius 2 is 1.77 bits per heavy atom. The first-order valence-electron chi connectivity index (χ1n) is 9.46. The Hall–Kier alpha value is -2.17. The molecule has 0 aliphatic heterocycles. The largest absolute Gasteiger partial charge is 0.493 e. The molecule has 0 saturated heterocycles. The molecule has 0 aliphatic carbocycles. The van der Waals surface area contributed by atoms with Crippen molar-refractivity contribution in [2.75, 3.05) is 13.2 Å². The maximum atomic E-state index is 12.5. The standard InChI is InChI=1S/C21H23Br2N3O4S/c1-13(2)9-10-29-17-6-4-3-5-15(17)20(28)24-21(31)26-25-19(27)12-30-18-8-7-14(22)11-16(18)23/h3-8,11,13H,9-10,12H2,1-2H3,(H,25,27)(H2,24,26,28,31). The number of halogens is 2. The first-order valence-corrected chi connectivity index (χ1v) is 11.5. The fraction of sp³-hybridized carbons (Fsp3) is 0.286. The maximum Gasteiger partial charge on any atom is 0.276 e. The topological polar surface area (TPSA) is 88.7 Å². The Kier molecular flexibility index (Phi) is 10.2. The number of hydrogen-bond donors (Lipinski definition) is 3. The van der Waals surface area contributed by atoms with Crippen LogP contribution in [0.4, 0.5) is 0 Å². The molecule has 0 spiro atoms. The third kappa shape index (κ3) is 8.84. The molecule has 7 nitrogen and oxygen atoms in total. The van der Waals surface area contributed by atoms with E-state index in [4.69, 9.17) is 21.7 Å². The van der Waals surface area contributed by atoms with Gasteiger partial charge in [0.25, 0.3) is 11.8 Å². The molecule has 0 aliphatic rings. The molecule has 2 rings (SSSR count). The van der Waals surface area contributed by atoms with Crippen molar-refractivity contribution in [3.63, 3.8) is 0 Å². The van der Waals surface area contributed by atoms with Crippen LogP contribution in [0.2, 0.25) is 0 Å². The highest BCUT2D eigenvalue weighted by Crippen LogP contribution is 2.28. The number of ether oxygens (including phenoxy) is 2. The summed E-state index contributed by atoms with van der Waals surface area (Å²) in [5.74, 6) is 0.574. The molecule has 3 N–H and O–H groups in total. The summed E-state index contributed by atoms with van der Waals surface area (Å²) in [5.41, 5.74) is 5.21. The molecule has 0 atom stereocenters. The fourth-order valence-corrected chi connectivity index (χ4v) is 3.59. The number of para-hydroxylation sites is 1. The van der Waals surface area contributed by atoms with E-state index in [1.165, 1.54) is 0 Å². The summed E-state index contributed by atoms with van der Waals surface area (Å²) >= 11 is 11.8. The molecule has 0 bridgehead atoms. The van der Waals surface area contributed by atoms with E-state index in [1.54, 1.807) is 42.5 Å². The molecule has 0 saturated carbocycles. The number of carbonyl (C=O) groups is 2. The summed E-state index contributed by atoms with van der Waals surface area (Å²) in [6.07, 6.45) is 0.876. The van der Waals surface area contributed by atoms with Gasteiger partial charge < -0.3 is 9.47 Å². The molecule has 0 fully saturated rings. The van der Waals surface area contributed by atoms with Crippen molar-refractivity contribution in [1.82, 2.24) is 16.2 Å². The van der Waals surface area contributed by atoms with Crippen molar-refractivity contribution in [1.29, 1.82) is 0 Å². The lowest BCUT2D eigenvalue weighted by molar-refractivity contribution is -0.123. The second-order valence-electron chi connectivity index (χ2n) is 6.85. The van der Waals surface area contributed by atoms with E-state index in [9.17, 15) is 9.59 Å². The lowest BCUT2D eigenvalue weighted by Crippen LogP contribution is -2.49. The van der Waals surface area contributed by atoms with Gasteiger partial charge in [-0.2, -0.15) is 0 Å². The summed E-state index contributed by atoms with van der Waals surface area (Å²) in [4.78, 5) is 24.5. The monoisotopic (exact) mass is 571 g/mol. The number of amides is 2. The van der Waals surface area contributed by atoms with Crippen LogP contribution >= 0.6 is 44.1 Å². The predicted molar refractivity (Wildman–Crippen MR) is 130 cm³/mol. The van der Waals surface area contributed by atoms with Gasteiger partial charge in [-0.15, -0.1) is 0 Å². The average Bonchev–Trinajstić information content (AvgIpc) is 2.71. The molecule has 166 valence electrons. The molecule has 0 heterocycles. The quantitative estimate of drug-likeness (QED) is 0.322. The van der Waals surface area contributed by atoms with Gasteiger partial charge in [-0.3, -0.25) is 25.8 Å². The van der Waals surface area contributed by atoms with Gasteiger partial charge >= 0.3 is 0 Å². The summed E-state index contributed by atoms with van der Waals surface area (Å²) in [7, 11) is 0. The highest BCUT2D eigenvalue weighted by atomic mass is 79.9. The number of benzene rings is 2. The van der Waals surface area contributed by atoms with Gasteiger partial charge in [0.2, 0.25) is 0 Å². The number of thiocarbonyl (C=S) groups is 1. The van der Waals surface area contributed by atoms with E-state index in [1.807, 2.05) is 0 Å². The van der Waals surface area contributed by atoms with E-state index in [0.717, 1.165) is 10.9 Å². The molecule has 2 aromatic carbocycles. The van der Waals surface area contributed by atoms with E-state index in [-0.39, 0.29) is 11.7 Å². The first kappa shape index (κ1) is 25.1. The normalized spacial score (nSPS) is 10.4. The molecule has 0 aromatic heterocycles. The van der Waals surface area contributed by atoms with Crippen LogP contribution < -0.4 is 25.6 Å². The van der Waals surface area contributed by atoms with E-state index in [2.05, 4.69) is 61.9 Å². The molecular weight excluding hydrogens is 550 g/mol. The second-order valence-corrected chi connectivity index (χ2v) is 9.03. The summed E-state index contributed by atoms with van der Waals surface area (Å²) in [6, 6.07) is 12.2. The van der Waals surface area contributed by atoms with Gasteiger partial charge in [-0.1, -0.05) is 41.9 Å².